The summed E-state index contributed by atoms with van der Waals surface area (Å²) in [4.78, 5) is 0. The molecule has 0 atom stereocenters. The van der Waals surface area contributed by atoms with Crippen molar-refractivity contribution in [1.82, 2.24) is 0 Å². The fourth-order valence-corrected chi connectivity index (χ4v) is 0.401. The van der Waals surface area contributed by atoms with E-state index in [2.05, 4.69) is 0 Å². The molecule has 0 aliphatic heterocycles. The van der Waals surface area contributed by atoms with Crippen molar-refractivity contribution in [2.75, 3.05) is 0 Å². The van der Waals surface area contributed by atoms with Crippen LogP contribution in [0.3, 0.4) is 0 Å². The Hall–Kier alpha value is -0.420. The number of halogens is 6. The van der Waals surface area contributed by atoms with Gasteiger partial charge in [0, 0.05) is 0 Å². The van der Waals surface area contributed by atoms with Crippen molar-refractivity contribution in [3.63, 3.8) is 0 Å². The molecule has 0 bridgehead atoms. The molecule has 0 spiro atoms. The van der Waals surface area contributed by atoms with Gasteiger partial charge in [0.25, 0.3) is 0 Å². The molecule has 1 radical (unpaired) electrons. The normalized spacial score (nSPS) is 14.2. The molecule has 0 N–H and O–H groups in total. The molecule has 6 heteroatoms. The number of rotatable bonds is 1. The Kier molecular flexibility index (Phi) is 2.79. The van der Waals surface area contributed by atoms with Crippen molar-refractivity contribution in [3.05, 3.63) is 5.92 Å². The first-order chi connectivity index (χ1) is 4.63. The quantitative estimate of drug-likeness (QED) is 0.542. The van der Waals surface area contributed by atoms with Crippen LogP contribution >= 0.6 is 0 Å². The summed E-state index contributed by atoms with van der Waals surface area (Å²) in [6.45, 7) is 0.424. The molecule has 0 saturated heterocycles. The molecule has 0 nitrogen and oxygen atoms in total. The summed E-state index contributed by atoms with van der Waals surface area (Å²) < 4.78 is 68.3. The maximum absolute atomic E-state index is 11.4. The second kappa shape index (κ2) is 2.91. The van der Waals surface area contributed by atoms with Gasteiger partial charge in [-0.05, 0) is 6.92 Å². The van der Waals surface area contributed by atoms with E-state index in [-0.39, 0.29) is 0 Å². The third kappa shape index (κ3) is 4.92. The summed E-state index contributed by atoms with van der Waals surface area (Å²) in [6.07, 6.45) is -11.5. The zero-order valence-corrected chi connectivity index (χ0v) is 5.47. The standard InChI is InChI=1S/C5H5F6/c1-3(5(9,10)11)2-4(6,7)8/h2H2,1H3. The average molecular weight is 179 g/mol. The third-order valence-electron chi connectivity index (χ3n) is 0.950. The van der Waals surface area contributed by atoms with Gasteiger partial charge < -0.3 is 0 Å². The lowest BCUT2D eigenvalue weighted by atomic mass is 10.1. The topological polar surface area (TPSA) is 0 Å². The van der Waals surface area contributed by atoms with E-state index in [0.29, 0.717) is 6.92 Å². The lowest BCUT2D eigenvalue weighted by Crippen LogP contribution is -2.23. The van der Waals surface area contributed by atoms with Crippen LogP contribution in [0.1, 0.15) is 13.3 Å². The van der Waals surface area contributed by atoms with Crippen molar-refractivity contribution >= 4 is 0 Å². The van der Waals surface area contributed by atoms with E-state index < -0.39 is 24.7 Å². The van der Waals surface area contributed by atoms with Crippen LogP contribution in [0.4, 0.5) is 26.3 Å². The zero-order chi connectivity index (χ0) is 9.28. The number of hydrogen-bond donors (Lipinski definition) is 0. The van der Waals surface area contributed by atoms with Gasteiger partial charge in [-0.25, -0.2) is 0 Å². The Bertz CT molecular complexity index is 120. The largest absolute Gasteiger partial charge is 0.395 e. The first-order valence-corrected chi connectivity index (χ1v) is 2.59. The van der Waals surface area contributed by atoms with Gasteiger partial charge in [-0.3, -0.25) is 0 Å². The smallest absolute Gasteiger partial charge is 0.171 e. The maximum Gasteiger partial charge on any atom is 0.395 e. The minimum absolute atomic E-state index is 0.424. The Balaban J connectivity index is 3.99. The van der Waals surface area contributed by atoms with Crippen molar-refractivity contribution in [3.8, 4) is 0 Å². The molecular formula is C5H5F6. The Morgan fingerprint density at radius 1 is 1.00 bits per heavy atom. The zero-order valence-electron chi connectivity index (χ0n) is 5.47. The molecule has 0 unspecified atom stereocenters. The first kappa shape index (κ1) is 10.6. The highest BCUT2D eigenvalue weighted by atomic mass is 19.4. The molecule has 0 aromatic rings. The monoisotopic (exact) mass is 179 g/mol. The van der Waals surface area contributed by atoms with Gasteiger partial charge >= 0.3 is 12.4 Å². The van der Waals surface area contributed by atoms with Crippen LogP contribution in [-0.4, -0.2) is 12.4 Å². The van der Waals surface area contributed by atoms with Crippen molar-refractivity contribution < 1.29 is 26.3 Å². The van der Waals surface area contributed by atoms with Crippen LogP contribution in [-0.2, 0) is 0 Å². The average Bonchev–Trinajstić information content (AvgIpc) is 1.56. The van der Waals surface area contributed by atoms with Crippen LogP contribution in [0.15, 0.2) is 0 Å². The lowest BCUT2D eigenvalue weighted by Gasteiger charge is -2.15. The molecule has 0 aromatic carbocycles. The number of hydrogen-bond acceptors (Lipinski definition) is 0. The SMILES string of the molecule is C[C](CC(F)(F)F)C(F)(F)F. The van der Waals surface area contributed by atoms with E-state index in [0.717, 1.165) is 0 Å². The molecule has 0 heterocycles. The molecule has 0 amide bonds. The summed E-state index contributed by atoms with van der Waals surface area (Å²) in [7, 11) is 0. The highest BCUT2D eigenvalue weighted by Gasteiger charge is 2.44. The second-order valence-electron chi connectivity index (χ2n) is 2.07. The fourth-order valence-electron chi connectivity index (χ4n) is 0.401. The van der Waals surface area contributed by atoms with Gasteiger partial charge in [-0.15, -0.1) is 0 Å². The van der Waals surface area contributed by atoms with Crippen molar-refractivity contribution in [2.24, 2.45) is 0 Å². The van der Waals surface area contributed by atoms with Crippen LogP contribution in [0, 0.1) is 5.92 Å². The molecule has 0 saturated carbocycles. The first-order valence-electron chi connectivity index (χ1n) is 2.59. The van der Waals surface area contributed by atoms with E-state index >= 15 is 0 Å². The molecule has 0 aliphatic carbocycles. The minimum atomic E-state index is -4.84. The Labute approximate surface area is 59.2 Å². The minimum Gasteiger partial charge on any atom is -0.171 e. The molecule has 0 rings (SSSR count). The van der Waals surface area contributed by atoms with E-state index in [9.17, 15) is 26.3 Å². The lowest BCUT2D eigenvalue weighted by molar-refractivity contribution is -0.166. The molecule has 11 heavy (non-hydrogen) atoms. The third-order valence-corrected chi connectivity index (χ3v) is 0.950. The highest BCUT2D eigenvalue weighted by Crippen LogP contribution is 2.36. The van der Waals surface area contributed by atoms with Gasteiger partial charge in [0.1, 0.15) is 0 Å². The van der Waals surface area contributed by atoms with Crippen LogP contribution in [0.2, 0.25) is 0 Å². The van der Waals surface area contributed by atoms with Gasteiger partial charge in [-0.2, -0.15) is 26.3 Å². The molecule has 0 fully saturated rings. The Morgan fingerprint density at radius 2 is 1.36 bits per heavy atom. The van der Waals surface area contributed by atoms with Gasteiger partial charge in [0.05, 0.1) is 12.3 Å². The van der Waals surface area contributed by atoms with Gasteiger partial charge in [0.2, 0.25) is 0 Å². The Morgan fingerprint density at radius 3 is 1.45 bits per heavy atom. The van der Waals surface area contributed by atoms with Crippen LogP contribution in [0.25, 0.3) is 0 Å². The second-order valence-corrected chi connectivity index (χ2v) is 2.07. The van der Waals surface area contributed by atoms with Crippen LogP contribution in [0.5, 0.6) is 0 Å². The summed E-state index contributed by atoms with van der Waals surface area (Å²) >= 11 is 0. The molecule has 0 aromatic heterocycles. The van der Waals surface area contributed by atoms with Crippen molar-refractivity contribution in [1.29, 1.82) is 0 Å². The summed E-state index contributed by atoms with van der Waals surface area (Å²) in [5.41, 5.74) is 0. The molecule has 67 valence electrons. The summed E-state index contributed by atoms with van der Waals surface area (Å²) in [6, 6.07) is 0. The molecular weight excluding hydrogens is 174 g/mol. The van der Waals surface area contributed by atoms with Gasteiger partial charge in [0.15, 0.2) is 0 Å². The predicted molar refractivity (Wildman–Crippen MR) is 25.6 cm³/mol. The van der Waals surface area contributed by atoms with Crippen LogP contribution < -0.4 is 0 Å². The highest BCUT2D eigenvalue weighted by molar-refractivity contribution is 4.94. The summed E-state index contributed by atoms with van der Waals surface area (Å²) in [5, 5.41) is 0. The number of alkyl halides is 6. The summed E-state index contributed by atoms with van der Waals surface area (Å²) in [5.74, 6) is -1.52. The van der Waals surface area contributed by atoms with Crippen molar-refractivity contribution in [2.45, 2.75) is 25.7 Å². The molecule has 0 aliphatic rings. The fraction of sp³-hybridized carbons (Fsp3) is 0.800. The predicted octanol–water partition coefficient (Wildman–Crippen LogP) is 3.10. The van der Waals surface area contributed by atoms with E-state index in [4.69, 9.17) is 0 Å². The van der Waals surface area contributed by atoms with Gasteiger partial charge in [-0.1, -0.05) is 0 Å². The van der Waals surface area contributed by atoms with E-state index in [1.54, 1.807) is 0 Å². The van der Waals surface area contributed by atoms with E-state index in [1.807, 2.05) is 0 Å². The van der Waals surface area contributed by atoms with E-state index in [1.165, 1.54) is 0 Å². The maximum atomic E-state index is 11.4.